The number of hydrogen-bond acceptors (Lipinski definition) is 2. The van der Waals surface area contributed by atoms with Crippen molar-refractivity contribution in [3.63, 3.8) is 0 Å². The minimum absolute atomic E-state index is 0.0404. The first-order chi connectivity index (χ1) is 11.2. The van der Waals surface area contributed by atoms with Crippen molar-refractivity contribution in [2.24, 2.45) is 0 Å². The number of carbonyl (C=O) groups is 2. The fourth-order valence-electron chi connectivity index (χ4n) is 2.93. The predicted octanol–water partition coefficient (Wildman–Crippen LogP) is 2.80. The normalized spacial score (nSPS) is 17.3. The van der Waals surface area contributed by atoms with E-state index >= 15 is 0 Å². The van der Waals surface area contributed by atoms with Gasteiger partial charge in [0, 0.05) is 18.9 Å². The molecular weight excluding hydrogens is 358 g/mol. The van der Waals surface area contributed by atoms with Gasteiger partial charge in [-0.15, -0.1) is 0 Å². The van der Waals surface area contributed by atoms with Gasteiger partial charge in [-0.3, -0.25) is 9.59 Å². The highest BCUT2D eigenvalue weighted by Gasteiger charge is 2.33. The molecule has 2 amide bonds. The lowest BCUT2D eigenvalue weighted by atomic mass is 10.2. The van der Waals surface area contributed by atoms with Crippen molar-refractivity contribution in [3.8, 4) is 5.69 Å². The summed E-state index contributed by atoms with van der Waals surface area (Å²) in [5.74, 6) is -0.169. The zero-order chi connectivity index (χ0) is 16.2. The van der Waals surface area contributed by atoms with E-state index in [0.717, 1.165) is 17.8 Å². The molecule has 1 aliphatic heterocycles. The molecular formula is C17H18BrN3O2. The average molecular weight is 376 g/mol. The van der Waals surface area contributed by atoms with Crippen LogP contribution >= 0.6 is 15.9 Å². The molecule has 0 aliphatic carbocycles. The summed E-state index contributed by atoms with van der Waals surface area (Å²) in [5.41, 5.74) is 1.65. The Kier molecular flexibility index (Phi) is 4.81. The Hall–Kier alpha value is -2.08. The summed E-state index contributed by atoms with van der Waals surface area (Å²) in [5, 5.41) is 3.23. The topological polar surface area (TPSA) is 54.3 Å². The molecule has 0 unspecified atom stereocenters. The third-order valence-electron chi connectivity index (χ3n) is 4.03. The lowest BCUT2D eigenvalue weighted by Crippen LogP contribution is -2.43. The van der Waals surface area contributed by atoms with E-state index < -0.39 is 6.04 Å². The average Bonchev–Trinajstić information content (AvgIpc) is 3.26. The molecule has 1 fully saturated rings. The number of halogens is 1. The van der Waals surface area contributed by atoms with Crippen LogP contribution in [0.4, 0.5) is 5.69 Å². The lowest BCUT2D eigenvalue weighted by molar-refractivity contribution is -0.134. The largest absolute Gasteiger partial charge is 0.330 e. The second-order valence-electron chi connectivity index (χ2n) is 5.48. The van der Waals surface area contributed by atoms with E-state index in [4.69, 9.17) is 0 Å². The number of nitrogens with zero attached hydrogens (tertiary/aromatic N) is 2. The van der Waals surface area contributed by atoms with Gasteiger partial charge in [-0.05, 0) is 37.1 Å². The van der Waals surface area contributed by atoms with E-state index in [1.165, 1.54) is 0 Å². The van der Waals surface area contributed by atoms with Crippen LogP contribution in [0.25, 0.3) is 5.69 Å². The van der Waals surface area contributed by atoms with Crippen LogP contribution in [0.5, 0.6) is 0 Å². The number of nitrogens with one attached hydrogen (secondary N) is 1. The molecule has 5 nitrogen and oxygen atoms in total. The summed E-state index contributed by atoms with van der Waals surface area (Å²) in [7, 11) is 0. The minimum atomic E-state index is -0.391. The summed E-state index contributed by atoms with van der Waals surface area (Å²) in [4.78, 5) is 26.2. The van der Waals surface area contributed by atoms with Crippen molar-refractivity contribution in [1.82, 2.24) is 9.47 Å². The number of carbonyl (C=O) groups excluding carboxylic acids is 2. The molecule has 120 valence electrons. The fraction of sp³-hybridized carbons (Fsp3) is 0.294. The summed E-state index contributed by atoms with van der Waals surface area (Å²) >= 11 is 3.18. The number of anilines is 1. The lowest BCUT2D eigenvalue weighted by Gasteiger charge is -2.23. The molecule has 1 aromatic heterocycles. The van der Waals surface area contributed by atoms with Crippen molar-refractivity contribution in [3.05, 3.63) is 48.8 Å². The summed E-state index contributed by atoms with van der Waals surface area (Å²) in [6.45, 7) is 0.641. The van der Waals surface area contributed by atoms with Gasteiger partial charge in [-0.2, -0.15) is 0 Å². The molecule has 1 aliphatic rings. The van der Waals surface area contributed by atoms with Gasteiger partial charge in [-0.1, -0.05) is 28.1 Å². The second kappa shape index (κ2) is 7.00. The number of amides is 2. The van der Waals surface area contributed by atoms with Crippen LogP contribution in [0.3, 0.4) is 0 Å². The van der Waals surface area contributed by atoms with Gasteiger partial charge in [0.05, 0.1) is 16.7 Å². The van der Waals surface area contributed by atoms with Gasteiger partial charge in [0.1, 0.15) is 6.04 Å². The van der Waals surface area contributed by atoms with E-state index in [-0.39, 0.29) is 17.1 Å². The highest BCUT2D eigenvalue weighted by Crippen LogP contribution is 2.23. The van der Waals surface area contributed by atoms with Crippen LogP contribution in [0.2, 0.25) is 0 Å². The minimum Gasteiger partial charge on any atom is -0.330 e. The van der Waals surface area contributed by atoms with Gasteiger partial charge in [0.25, 0.3) is 0 Å². The van der Waals surface area contributed by atoms with Crippen LogP contribution < -0.4 is 5.32 Å². The summed E-state index contributed by atoms with van der Waals surface area (Å²) < 4.78 is 1.95. The predicted molar refractivity (Wildman–Crippen MR) is 92.9 cm³/mol. The molecule has 0 saturated carbocycles. The van der Waals surface area contributed by atoms with E-state index in [9.17, 15) is 9.59 Å². The molecule has 1 aromatic carbocycles. The first kappa shape index (κ1) is 15.8. The zero-order valence-electron chi connectivity index (χ0n) is 12.6. The maximum atomic E-state index is 12.6. The SMILES string of the molecule is O=C(Nc1ccccc1-n1cccc1)[C@@H]1CCCN1C(=O)CBr. The van der Waals surface area contributed by atoms with Crippen LogP contribution in [0.15, 0.2) is 48.8 Å². The Morgan fingerprint density at radius 1 is 1.17 bits per heavy atom. The van der Waals surface area contributed by atoms with Crippen molar-refractivity contribution in [2.75, 3.05) is 17.2 Å². The maximum absolute atomic E-state index is 12.6. The van der Waals surface area contributed by atoms with Crippen LogP contribution in [0.1, 0.15) is 12.8 Å². The van der Waals surface area contributed by atoms with Gasteiger partial charge in [0.15, 0.2) is 0 Å². The van der Waals surface area contributed by atoms with Gasteiger partial charge >= 0.3 is 0 Å². The van der Waals surface area contributed by atoms with E-state index in [1.807, 2.05) is 53.4 Å². The van der Waals surface area contributed by atoms with Crippen LogP contribution in [-0.2, 0) is 9.59 Å². The summed E-state index contributed by atoms with van der Waals surface area (Å²) in [6.07, 6.45) is 5.43. The molecule has 3 rings (SSSR count). The number of alkyl halides is 1. The van der Waals surface area contributed by atoms with Crippen molar-refractivity contribution in [2.45, 2.75) is 18.9 Å². The van der Waals surface area contributed by atoms with Gasteiger partial charge in [-0.25, -0.2) is 0 Å². The maximum Gasteiger partial charge on any atom is 0.247 e. The first-order valence-corrected chi connectivity index (χ1v) is 8.71. The number of likely N-dealkylation sites (tertiary alicyclic amines) is 1. The standard InChI is InChI=1S/C17H18BrN3O2/c18-12-16(22)21-11-5-8-15(21)17(23)19-13-6-1-2-7-14(13)20-9-3-4-10-20/h1-4,6-7,9-10,15H,5,8,11-12H2,(H,19,23)/t15-/m0/s1. The number of hydrogen-bond donors (Lipinski definition) is 1. The molecule has 6 heteroatoms. The Morgan fingerprint density at radius 2 is 1.91 bits per heavy atom. The van der Waals surface area contributed by atoms with Crippen LogP contribution in [-0.4, -0.2) is 39.2 Å². The quantitative estimate of drug-likeness (QED) is 0.835. The smallest absolute Gasteiger partial charge is 0.247 e. The molecule has 23 heavy (non-hydrogen) atoms. The second-order valence-corrected chi connectivity index (χ2v) is 6.04. The molecule has 0 radical (unpaired) electrons. The van der Waals surface area contributed by atoms with Gasteiger partial charge < -0.3 is 14.8 Å². The molecule has 2 heterocycles. The third-order valence-corrected chi connectivity index (χ3v) is 4.51. The first-order valence-electron chi connectivity index (χ1n) is 7.59. The number of rotatable bonds is 4. The van der Waals surface area contributed by atoms with Crippen molar-refractivity contribution < 1.29 is 9.59 Å². The number of para-hydroxylation sites is 2. The fourth-order valence-corrected chi connectivity index (χ4v) is 3.25. The molecule has 1 N–H and O–H groups in total. The molecule has 0 bridgehead atoms. The van der Waals surface area contributed by atoms with E-state index in [0.29, 0.717) is 13.0 Å². The van der Waals surface area contributed by atoms with Crippen molar-refractivity contribution in [1.29, 1.82) is 0 Å². The Bertz CT molecular complexity index is 700. The molecule has 1 saturated heterocycles. The number of aromatic nitrogens is 1. The Morgan fingerprint density at radius 3 is 2.65 bits per heavy atom. The molecule has 1 atom stereocenters. The third kappa shape index (κ3) is 3.32. The highest BCUT2D eigenvalue weighted by atomic mass is 79.9. The number of benzene rings is 1. The van der Waals surface area contributed by atoms with Crippen LogP contribution in [0, 0.1) is 0 Å². The Labute approximate surface area is 143 Å². The molecule has 2 aromatic rings. The Balaban J connectivity index is 1.80. The zero-order valence-corrected chi connectivity index (χ0v) is 14.2. The highest BCUT2D eigenvalue weighted by molar-refractivity contribution is 9.09. The van der Waals surface area contributed by atoms with Crippen molar-refractivity contribution >= 4 is 33.4 Å². The van der Waals surface area contributed by atoms with E-state index in [1.54, 1.807) is 4.90 Å². The summed E-state index contributed by atoms with van der Waals surface area (Å²) in [6, 6.07) is 11.1. The molecule has 0 spiro atoms. The monoisotopic (exact) mass is 375 g/mol. The van der Waals surface area contributed by atoms with Gasteiger partial charge in [0.2, 0.25) is 11.8 Å². The van der Waals surface area contributed by atoms with E-state index in [2.05, 4.69) is 21.2 Å².